The maximum atomic E-state index is 11.5. The molecule has 0 fully saturated rings. The Morgan fingerprint density at radius 2 is 2.43 bits per heavy atom. The highest BCUT2D eigenvalue weighted by Crippen LogP contribution is 2.10. The van der Waals surface area contributed by atoms with Crippen LogP contribution in [0.1, 0.15) is 22.3 Å². The predicted molar refractivity (Wildman–Crippen MR) is 53.5 cm³/mol. The molecule has 5 nitrogen and oxygen atoms in total. The molecule has 0 radical (unpaired) electrons. The van der Waals surface area contributed by atoms with Crippen molar-refractivity contribution < 1.29 is 9.53 Å². The summed E-state index contributed by atoms with van der Waals surface area (Å²) >= 11 is 1.13. The maximum absolute atomic E-state index is 11.5. The highest BCUT2D eigenvalue weighted by atomic mass is 32.1. The van der Waals surface area contributed by atoms with E-state index < -0.39 is 0 Å². The van der Waals surface area contributed by atoms with Gasteiger partial charge in [-0.3, -0.25) is 4.79 Å². The van der Waals surface area contributed by atoms with Gasteiger partial charge in [0.1, 0.15) is 4.88 Å². The van der Waals surface area contributed by atoms with Crippen molar-refractivity contribution in [2.24, 2.45) is 0 Å². The number of nitrogens with zero attached hydrogens (tertiary/aromatic N) is 2. The van der Waals surface area contributed by atoms with Gasteiger partial charge in [-0.25, -0.2) is 0 Å². The van der Waals surface area contributed by atoms with Gasteiger partial charge >= 0.3 is 0 Å². The highest BCUT2D eigenvalue weighted by Gasteiger charge is 2.13. The summed E-state index contributed by atoms with van der Waals surface area (Å²) in [4.78, 5) is 12.1. The maximum Gasteiger partial charge on any atom is 0.265 e. The molecule has 6 heteroatoms. The quantitative estimate of drug-likeness (QED) is 0.725. The van der Waals surface area contributed by atoms with Gasteiger partial charge in [0, 0.05) is 13.7 Å². The number of aromatic nitrogens is 2. The molecule has 1 amide bonds. The van der Waals surface area contributed by atoms with Crippen molar-refractivity contribution in [1.29, 1.82) is 0 Å². The van der Waals surface area contributed by atoms with Crippen molar-refractivity contribution in [3.63, 3.8) is 0 Å². The molecule has 0 spiro atoms. The average molecular weight is 215 g/mol. The minimum atomic E-state index is -0.117. The molecular formula is C8H13N3O2S. The second kappa shape index (κ2) is 5.66. The highest BCUT2D eigenvalue weighted by molar-refractivity contribution is 7.08. The minimum Gasteiger partial charge on any atom is -0.383 e. The lowest BCUT2D eigenvalue weighted by atomic mass is 10.3. The van der Waals surface area contributed by atoms with Crippen molar-refractivity contribution in [3.05, 3.63) is 10.6 Å². The van der Waals surface area contributed by atoms with E-state index >= 15 is 0 Å². The van der Waals surface area contributed by atoms with Crippen LogP contribution in [0.4, 0.5) is 0 Å². The third kappa shape index (κ3) is 2.74. The first-order valence-electron chi connectivity index (χ1n) is 4.38. The molecule has 0 aliphatic carbocycles. The normalized spacial score (nSPS) is 10.1. The van der Waals surface area contributed by atoms with Gasteiger partial charge in [0.15, 0.2) is 0 Å². The topological polar surface area (TPSA) is 64.1 Å². The number of carbonyl (C=O) groups is 1. The zero-order valence-corrected chi connectivity index (χ0v) is 9.06. The lowest BCUT2D eigenvalue weighted by molar-refractivity contribution is 0.0940. The number of carbonyl (C=O) groups excluding carboxylic acids is 1. The summed E-state index contributed by atoms with van der Waals surface area (Å²) in [5, 5.41) is 6.59. The number of hydrogen-bond donors (Lipinski definition) is 1. The van der Waals surface area contributed by atoms with Crippen LogP contribution < -0.4 is 5.32 Å². The Bertz CT molecular complexity index is 301. The Kier molecular flexibility index (Phi) is 4.48. The number of nitrogens with one attached hydrogen (secondary N) is 1. The molecule has 1 heterocycles. The van der Waals surface area contributed by atoms with E-state index in [0.29, 0.717) is 18.0 Å². The van der Waals surface area contributed by atoms with E-state index in [2.05, 4.69) is 14.9 Å². The fraction of sp³-hybridized carbons (Fsp3) is 0.625. The average Bonchev–Trinajstić information content (AvgIpc) is 2.65. The Balaban J connectivity index is 2.51. The Morgan fingerprint density at radius 1 is 1.64 bits per heavy atom. The molecule has 0 aliphatic rings. The number of hydrogen-bond acceptors (Lipinski definition) is 5. The van der Waals surface area contributed by atoms with Gasteiger partial charge < -0.3 is 10.1 Å². The van der Waals surface area contributed by atoms with Crippen LogP contribution >= 0.6 is 11.5 Å². The van der Waals surface area contributed by atoms with Crippen molar-refractivity contribution in [1.82, 2.24) is 14.9 Å². The van der Waals surface area contributed by atoms with Gasteiger partial charge in [0.25, 0.3) is 5.91 Å². The molecule has 14 heavy (non-hydrogen) atoms. The van der Waals surface area contributed by atoms with E-state index in [4.69, 9.17) is 4.74 Å². The number of aryl methyl sites for hydroxylation is 1. The van der Waals surface area contributed by atoms with E-state index in [0.717, 1.165) is 23.6 Å². The van der Waals surface area contributed by atoms with Crippen molar-refractivity contribution in [2.75, 3.05) is 20.3 Å². The van der Waals surface area contributed by atoms with Crippen LogP contribution in [0.5, 0.6) is 0 Å². The lowest BCUT2D eigenvalue weighted by Gasteiger charge is -2.02. The molecule has 0 aromatic carbocycles. The SMILES string of the molecule is CCc1nnsc1C(=O)NCCOC. The van der Waals surface area contributed by atoms with Crippen LogP contribution in [-0.2, 0) is 11.2 Å². The third-order valence-corrected chi connectivity index (χ3v) is 2.46. The molecule has 1 rings (SSSR count). The van der Waals surface area contributed by atoms with Crippen molar-refractivity contribution >= 4 is 17.4 Å². The largest absolute Gasteiger partial charge is 0.383 e. The first-order valence-corrected chi connectivity index (χ1v) is 5.15. The van der Waals surface area contributed by atoms with Crippen molar-refractivity contribution in [2.45, 2.75) is 13.3 Å². The molecule has 1 N–H and O–H groups in total. The zero-order chi connectivity index (χ0) is 10.4. The van der Waals surface area contributed by atoms with Crippen LogP contribution in [0, 0.1) is 0 Å². The fourth-order valence-corrected chi connectivity index (χ4v) is 1.63. The van der Waals surface area contributed by atoms with Crippen LogP contribution in [0.15, 0.2) is 0 Å². The summed E-state index contributed by atoms with van der Waals surface area (Å²) in [7, 11) is 1.60. The number of rotatable bonds is 5. The molecule has 0 unspecified atom stereocenters. The molecule has 0 saturated carbocycles. The van der Waals surface area contributed by atoms with Crippen LogP contribution in [0.3, 0.4) is 0 Å². The van der Waals surface area contributed by atoms with Crippen LogP contribution in [0.25, 0.3) is 0 Å². The second-order valence-corrected chi connectivity index (χ2v) is 3.41. The van der Waals surface area contributed by atoms with E-state index in [1.54, 1.807) is 7.11 Å². The smallest absolute Gasteiger partial charge is 0.265 e. The molecule has 0 aliphatic heterocycles. The third-order valence-electron chi connectivity index (χ3n) is 1.69. The van der Waals surface area contributed by atoms with Gasteiger partial charge in [-0.15, -0.1) is 5.10 Å². The first-order chi connectivity index (χ1) is 6.79. The molecular weight excluding hydrogens is 202 g/mol. The van der Waals surface area contributed by atoms with Gasteiger partial charge in [0.2, 0.25) is 0 Å². The lowest BCUT2D eigenvalue weighted by Crippen LogP contribution is -2.26. The second-order valence-electron chi connectivity index (χ2n) is 2.65. The van der Waals surface area contributed by atoms with E-state index in [1.165, 1.54) is 0 Å². The van der Waals surface area contributed by atoms with E-state index in [-0.39, 0.29) is 5.91 Å². The first kappa shape index (κ1) is 11.1. The summed E-state index contributed by atoms with van der Waals surface area (Å²) in [5.74, 6) is -0.117. The summed E-state index contributed by atoms with van der Waals surface area (Å²) in [6.07, 6.45) is 0.726. The van der Waals surface area contributed by atoms with Gasteiger partial charge in [0.05, 0.1) is 12.3 Å². The molecule has 1 aromatic rings. The summed E-state index contributed by atoms with van der Waals surface area (Å²) in [5.41, 5.74) is 0.755. The minimum absolute atomic E-state index is 0.117. The van der Waals surface area contributed by atoms with Gasteiger partial charge in [-0.2, -0.15) is 0 Å². The summed E-state index contributed by atoms with van der Waals surface area (Å²) in [6, 6.07) is 0. The fourth-order valence-electron chi connectivity index (χ4n) is 0.959. The predicted octanol–water partition coefficient (Wildman–Crippen LogP) is 0.477. The standard InChI is InChI=1S/C8H13N3O2S/c1-3-6-7(14-11-10-6)8(12)9-4-5-13-2/h3-5H2,1-2H3,(H,9,12). The Morgan fingerprint density at radius 3 is 3.07 bits per heavy atom. The molecule has 0 bridgehead atoms. The monoisotopic (exact) mass is 215 g/mol. The van der Waals surface area contributed by atoms with Crippen molar-refractivity contribution in [3.8, 4) is 0 Å². The zero-order valence-electron chi connectivity index (χ0n) is 8.24. The van der Waals surface area contributed by atoms with Crippen LogP contribution in [-0.4, -0.2) is 35.8 Å². The summed E-state index contributed by atoms with van der Waals surface area (Å²) in [6.45, 7) is 2.97. The number of amides is 1. The number of methoxy groups -OCH3 is 1. The van der Waals surface area contributed by atoms with Crippen LogP contribution in [0.2, 0.25) is 0 Å². The molecule has 1 aromatic heterocycles. The van der Waals surface area contributed by atoms with Gasteiger partial charge in [-0.1, -0.05) is 11.4 Å². The van der Waals surface area contributed by atoms with E-state index in [1.807, 2.05) is 6.92 Å². The number of ether oxygens (including phenoxy) is 1. The van der Waals surface area contributed by atoms with E-state index in [9.17, 15) is 4.79 Å². The Labute approximate surface area is 86.6 Å². The molecule has 78 valence electrons. The Hall–Kier alpha value is -1.01. The molecule has 0 saturated heterocycles. The summed E-state index contributed by atoms with van der Waals surface area (Å²) < 4.78 is 8.57. The molecule has 0 atom stereocenters. The van der Waals surface area contributed by atoms with Gasteiger partial charge in [-0.05, 0) is 18.0 Å².